The molecule has 3 nitrogen and oxygen atoms in total. The molecule has 2 aromatic carbocycles. The lowest BCUT2D eigenvalue weighted by atomic mass is 9.92. The summed E-state index contributed by atoms with van der Waals surface area (Å²) in [5.74, 6) is 1.82. The highest BCUT2D eigenvalue weighted by atomic mass is 35.5. The van der Waals surface area contributed by atoms with Crippen molar-refractivity contribution in [2.24, 2.45) is 5.73 Å². The van der Waals surface area contributed by atoms with Gasteiger partial charge >= 0.3 is 0 Å². The van der Waals surface area contributed by atoms with Crippen molar-refractivity contribution in [2.45, 2.75) is 25.7 Å². The van der Waals surface area contributed by atoms with E-state index in [-0.39, 0.29) is 5.92 Å². The van der Waals surface area contributed by atoms with Gasteiger partial charge in [0.25, 0.3) is 0 Å². The minimum atomic E-state index is 0.223. The third-order valence-corrected chi connectivity index (χ3v) is 4.11. The molecule has 0 bridgehead atoms. The summed E-state index contributed by atoms with van der Waals surface area (Å²) in [6.45, 7) is 3.41. The van der Waals surface area contributed by atoms with Gasteiger partial charge in [-0.15, -0.1) is 0 Å². The highest BCUT2D eigenvalue weighted by Crippen LogP contribution is 2.29. The first-order chi connectivity index (χ1) is 11.2. The Labute approximate surface area is 143 Å². The molecule has 0 spiro atoms. The van der Waals surface area contributed by atoms with Crippen LogP contribution in [0, 0.1) is 0 Å². The number of benzene rings is 2. The largest absolute Gasteiger partial charge is 0.495 e. The van der Waals surface area contributed by atoms with Gasteiger partial charge in [-0.3, -0.25) is 0 Å². The number of halogens is 1. The van der Waals surface area contributed by atoms with Gasteiger partial charge in [-0.25, -0.2) is 0 Å². The van der Waals surface area contributed by atoms with Crippen molar-refractivity contribution >= 4 is 11.6 Å². The third-order valence-electron chi connectivity index (χ3n) is 3.81. The molecular weight excluding hydrogens is 310 g/mol. The molecule has 0 amide bonds. The Bertz CT molecular complexity index is 613. The van der Waals surface area contributed by atoms with Crippen LogP contribution in [0.4, 0.5) is 0 Å². The lowest BCUT2D eigenvalue weighted by Crippen LogP contribution is -2.15. The SMILES string of the molecule is CCCOc1ccc(CC(CN)c2ccc(OC)c(Cl)c2)cc1. The number of hydrogen-bond donors (Lipinski definition) is 1. The molecule has 23 heavy (non-hydrogen) atoms. The predicted octanol–water partition coefficient (Wildman–Crippen LogP) is 4.42. The van der Waals surface area contributed by atoms with Gasteiger partial charge in [-0.2, -0.15) is 0 Å². The monoisotopic (exact) mass is 333 g/mol. The first-order valence-electron chi connectivity index (χ1n) is 7.93. The summed E-state index contributed by atoms with van der Waals surface area (Å²) >= 11 is 6.22. The zero-order chi connectivity index (χ0) is 16.7. The van der Waals surface area contributed by atoms with E-state index in [0.29, 0.717) is 17.3 Å². The number of hydrogen-bond acceptors (Lipinski definition) is 3. The van der Waals surface area contributed by atoms with Crippen molar-refractivity contribution in [3.63, 3.8) is 0 Å². The maximum Gasteiger partial charge on any atom is 0.137 e. The van der Waals surface area contributed by atoms with Crippen LogP contribution in [0.15, 0.2) is 42.5 Å². The van der Waals surface area contributed by atoms with Crippen molar-refractivity contribution < 1.29 is 9.47 Å². The molecule has 0 aliphatic heterocycles. The summed E-state index contributed by atoms with van der Waals surface area (Å²) in [5, 5.41) is 0.617. The van der Waals surface area contributed by atoms with Gasteiger partial charge < -0.3 is 15.2 Å². The lowest BCUT2D eigenvalue weighted by Gasteiger charge is -2.17. The topological polar surface area (TPSA) is 44.5 Å². The smallest absolute Gasteiger partial charge is 0.137 e. The van der Waals surface area contributed by atoms with Crippen LogP contribution >= 0.6 is 11.6 Å². The highest BCUT2D eigenvalue weighted by molar-refractivity contribution is 6.32. The third kappa shape index (κ3) is 4.88. The standard InChI is InChI=1S/C19H24ClNO2/c1-3-10-23-17-7-4-14(5-8-17)11-16(13-21)15-6-9-19(22-2)18(20)12-15/h4-9,12,16H,3,10-11,13,21H2,1-2H3. The normalized spacial score (nSPS) is 12.0. The van der Waals surface area contributed by atoms with Crippen LogP contribution in [0.5, 0.6) is 11.5 Å². The summed E-state index contributed by atoms with van der Waals surface area (Å²) in [5.41, 5.74) is 8.33. The van der Waals surface area contributed by atoms with E-state index in [9.17, 15) is 0 Å². The fraction of sp³-hybridized carbons (Fsp3) is 0.368. The molecule has 0 radical (unpaired) electrons. The lowest BCUT2D eigenvalue weighted by molar-refractivity contribution is 0.317. The van der Waals surface area contributed by atoms with Crippen LogP contribution in [0.1, 0.15) is 30.4 Å². The average molecular weight is 334 g/mol. The maximum absolute atomic E-state index is 6.22. The fourth-order valence-corrected chi connectivity index (χ4v) is 2.77. The minimum absolute atomic E-state index is 0.223. The average Bonchev–Trinajstić information content (AvgIpc) is 2.58. The first-order valence-corrected chi connectivity index (χ1v) is 8.31. The molecule has 4 heteroatoms. The van der Waals surface area contributed by atoms with Crippen LogP contribution in [0.2, 0.25) is 5.02 Å². The zero-order valence-electron chi connectivity index (χ0n) is 13.7. The molecule has 0 heterocycles. The first kappa shape index (κ1) is 17.6. The second-order valence-electron chi connectivity index (χ2n) is 5.52. The van der Waals surface area contributed by atoms with E-state index in [4.69, 9.17) is 26.8 Å². The number of ether oxygens (including phenoxy) is 2. The molecule has 1 atom stereocenters. The highest BCUT2D eigenvalue weighted by Gasteiger charge is 2.13. The molecule has 0 fully saturated rings. The predicted molar refractivity (Wildman–Crippen MR) is 95.7 cm³/mol. The molecule has 0 saturated heterocycles. The summed E-state index contributed by atoms with van der Waals surface area (Å²) in [6.07, 6.45) is 1.88. The van der Waals surface area contributed by atoms with E-state index in [1.807, 2.05) is 30.3 Å². The fourth-order valence-electron chi connectivity index (χ4n) is 2.50. The Hall–Kier alpha value is -1.71. The molecule has 0 aromatic heterocycles. The van der Waals surface area contributed by atoms with Crippen LogP contribution in [-0.4, -0.2) is 20.3 Å². The van der Waals surface area contributed by atoms with E-state index < -0.39 is 0 Å². The van der Waals surface area contributed by atoms with E-state index in [2.05, 4.69) is 19.1 Å². The molecule has 1 unspecified atom stereocenters. The second-order valence-corrected chi connectivity index (χ2v) is 5.93. The molecule has 2 aromatic rings. The molecule has 0 aliphatic carbocycles. The van der Waals surface area contributed by atoms with E-state index >= 15 is 0 Å². The molecule has 0 aliphatic rings. The number of nitrogens with two attached hydrogens (primary N) is 1. The van der Waals surface area contributed by atoms with Crippen molar-refractivity contribution in [1.29, 1.82) is 0 Å². The summed E-state index contributed by atoms with van der Waals surface area (Å²) < 4.78 is 10.8. The van der Waals surface area contributed by atoms with Gasteiger partial charge in [0.2, 0.25) is 0 Å². The Morgan fingerprint density at radius 3 is 2.43 bits per heavy atom. The van der Waals surface area contributed by atoms with Gasteiger partial charge in [0.05, 0.1) is 18.7 Å². The molecule has 124 valence electrons. The van der Waals surface area contributed by atoms with Gasteiger partial charge in [-0.05, 0) is 54.8 Å². The number of methoxy groups -OCH3 is 1. The minimum Gasteiger partial charge on any atom is -0.495 e. The van der Waals surface area contributed by atoms with E-state index in [1.165, 1.54) is 5.56 Å². The molecule has 2 N–H and O–H groups in total. The van der Waals surface area contributed by atoms with Gasteiger partial charge in [0.1, 0.15) is 11.5 Å². The molecule has 2 rings (SSSR count). The van der Waals surface area contributed by atoms with Gasteiger partial charge in [0.15, 0.2) is 0 Å². The molecular formula is C19H24ClNO2. The maximum atomic E-state index is 6.22. The van der Waals surface area contributed by atoms with Crippen LogP contribution in [0.3, 0.4) is 0 Å². The van der Waals surface area contributed by atoms with Crippen molar-refractivity contribution in [3.8, 4) is 11.5 Å². The Morgan fingerprint density at radius 1 is 1.13 bits per heavy atom. The van der Waals surface area contributed by atoms with Crippen molar-refractivity contribution in [2.75, 3.05) is 20.3 Å². The van der Waals surface area contributed by atoms with Crippen LogP contribution in [0.25, 0.3) is 0 Å². The Kier molecular flexibility index (Phi) is 6.75. The van der Waals surface area contributed by atoms with Gasteiger partial charge in [0, 0.05) is 5.92 Å². The molecule has 0 saturated carbocycles. The summed E-state index contributed by atoms with van der Waals surface area (Å²) in [4.78, 5) is 0. The zero-order valence-corrected chi connectivity index (χ0v) is 14.5. The van der Waals surface area contributed by atoms with Crippen LogP contribution < -0.4 is 15.2 Å². The Morgan fingerprint density at radius 2 is 1.87 bits per heavy atom. The van der Waals surface area contributed by atoms with E-state index in [1.54, 1.807) is 7.11 Å². The number of rotatable bonds is 8. The summed E-state index contributed by atoms with van der Waals surface area (Å²) in [6, 6.07) is 14.1. The van der Waals surface area contributed by atoms with Crippen molar-refractivity contribution in [3.05, 3.63) is 58.6 Å². The second kappa shape index (κ2) is 8.80. The van der Waals surface area contributed by atoms with Gasteiger partial charge in [-0.1, -0.05) is 36.7 Å². The quantitative estimate of drug-likeness (QED) is 0.777. The van der Waals surface area contributed by atoms with Crippen molar-refractivity contribution in [1.82, 2.24) is 0 Å². The summed E-state index contributed by atoms with van der Waals surface area (Å²) in [7, 11) is 1.61. The van der Waals surface area contributed by atoms with Crippen LogP contribution in [-0.2, 0) is 6.42 Å². The Balaban J connectivity index is 2.08. The van der Waals surface area contributed by atoms with E-state index in [0.717, 1.165) is 30.8 Å².